The van der Waals surface area contributed by atoms with Crippen LogP contribution >= 0.6 is 15.9 Å². The second-order valence-electron chi connectivity index (χ2n) is 6.18. The van der Waals surface area contributed by atoms with E-state index >= 15 is 0 Å². The number of halogens is 2. The lowest BCUT2D eigenvalue weighted by atomic mass is 9.94. The molecule has 1 saturated carbocycles. The summed E-state index contributed by atoms with van der Waals surface area (Å²) in [6.45, 7) is 0. The van der Waals surface area contributed by atoms with Crippen molar-refractivity contribution in [3.05, 3.63) is 46.6 Å². The van der Waals surface area contributed by atoms with Gasteiger partial charge in [-0.3, -0.25) is 0 Å². The largest absolute Gasteiger partial charge is 0.366 e. The summed E-state index contributed by atoms with van der Waals surface area (Å²) in [5.41, 5.74) is 1.96. The van der Waals surface area contributed by atoms with Gasteiger partial charge in [0.25, 0.3) is 0 Å². The molecule has 1 aromatic carbocycles. The van der Waals surface area contributed by atoms with Gasteiger partial charge < -0.3 is 5.32 Å². The van der Waals surface area contributed by atoms with Crippen molar-refractivity contribution in [1.29, 1.82) is 0 Å². The Hall–Kier alpha value is -2.02. The van der Waals surface area contributed by atoms with Crippen LogP contribution in [-0.4, -0.2) is 25.8 Å². The Morgan fingerprint density at radius 3 is 2.79 bits per heavy atom. The third-order valence-electron chi connectivity index (χ3n) is 4.71. The minimum atomic E-state index is -0.196. The Morgan fingerprint density at radius 2 is 2.00 bits per heavy atom. The molecule has 124 valence electrons. The average molecular weight is 390 g/mol. The average Bonchev–Trinajstić information content (AvgIpc) is 3.14. The van der Waals surface area contributed by atoms with Gasteiger partial charge >= 0.3 is 0 Å². The van der Waals surface area contributed by atoms with Crippen molar-refractivity contribution < 1.29 is 4.39 Å². The SMILES string of the molecule is Cn1nc(Br)c2c(NC3CCCC3c3ccc(F)cc3)ncnc21. The first-order valence-corrected chi connectivity index (χ1v) is 8.78. The van der Waals surface area contributed by atoms with Crippen molar-refractivity contribution in [3.8, 4) is 0 Å². The highest BCUT2D eigenvalue weighted by Crippen LogP contribution is 2.37. The van der Waals surface area contributed by atoms with Gasteiger partial charge in [0.15, 0.2) is 5.65 Å². The summed E-state index contributed by atoms with van der Waals surface area (Å²) in [4.78, 5) is 8.72. The fraction of sp³-hybridized carbons (Fsp3) is 0.353. The topological polar surface area (TPSA) is 55.6 Å². The number of benzene rings is 1. The van der Waals surface area contributed by atoms with Crippen molar-refractivity contribution in [2.45, 2.75) is 31.2 Å². The molecule has 1 fully saturated rings. The first-order chi connectivity index (χ1) is 11.6. The quantitative estimate of drug-likeness (QED) is 0.734. The van der Waals surface area contributed by atoms with E-state index in [2.05, 4.69) is 36.3 Å². The molecular weight excluding hydrogens is 373 g/mol. The van der Waals surface area contributed by atoms with E-state index in [0.29, 0.717) is 5.92 Å². The van der Waals surface area contributed by atoms with Crippen LogP contribution in [0.4, 0.5) is 10.2 Å². The molecule has 2 aromatic heterocycles. The molecule has 0 bridgehead atoms. The van der Waals surface area contributed by atoms with Crippen LogP contribution in [0.2, 0.25) is 0 Å². The molecular formula is C17H17BrFN5. The van der Waals surface area contributed by atoms with Gasteiger partial charge in [0, 0.05) is 19.0 Å². The predicted octanol–water partition coefficient (Wildman–Crippen LogP) is 4.01. The van der Waals surface area contributed by atoms with Gasteiger partial charge in [-0.2, -0.15) is 5.10 Å². The highest BCUT2D eigenvalue weighted by atomic mass is 79.9. The molecule has 2 atom stereocenters. The number of anilines is 1. The molecule has 3 aromatic rings. The van der Waals surface area contributed by atoms with Crippen molar-refractivity contribution in [3.63, 3.8) is 0 Å². The zero-order chi connectivity index (χ0) is 16.7. The minimum Gasteiger partial charge on any atom is -0.366 e. The van der Waals surface area contributed by atoms with Crippen LogP contribution in [0, 0.1) is 5.82 Å². The van der Waals surface area contributed by atoms with E-state index in [0.717, 1.165) is 40.7 Å². The first kappa shape index (κ1) is 15.5. The molecule has 5 nitrogen and oxygen atoms in total. The molecule has 2 heterocycles. The van der Waals surface area contributed by atoms with E-state index in [1.807, 2.05) is 19.2 Å². The zero-order valence-corrected chi connectivity index (χ0v) is 14.8. The van der Waals surface area contributed by atoms with Crippen LogP contribution in [0.3, 0.4) is 0 Å². The molecule has 24 heavy (non-hydrogen) atoms. The maximum absolute atomic E-state index is 13.2. The first-order valence-electron chi connectivity index (χ1n) is 7.98. The zero-order valence-electron chi connectivity index (χ0n) is 13.2. The maximum Gasteiger partial charge on any atom is 0.164 e. The van der Waals surface area contributed by atoms with E-state index in [4.69, 9.17) is 0 Å². The number of hydrogen-bond donors (Lipinski definition) is 1. The van der Waals surface area contributed by atoms with E-state index < -0.39 is 0 Å². The lowest BCUT2D eigenvalue weighted by Gasteiger charge is -2.22. The van der Waals surface area contributed by atoms with Gasteiger partial charge in [0.1, 0.15) is 22.6 Å². The molecule has 4 rings (SSSR count). The lowest BCUT2D eigenvalue weighted by molar-refractivity contribution is 0.618. The smallest absolute Gasteiger partial charge is 0.164 e. The summed E-state index contributed by atoms with van der Waals surface area (Å²) < 4.78 is 15.7. The molecule has 1 aliphatic rings. The summed E-state index contributed by atoms with van der Waals surface area (Å²) in [6.07, 6.45) is 4.85. The van der Waals surface area contributed by atoms with Gasteiger partial charge in [0.05, 0.1) is 5.39 Å². The van der Waals surface area contributed by atoms with E-state index in [9.17, 15) is 4.39 Å². The van der Waals surface area contributed by atoms with Crippen LogP contribution in [-0.2, 0) is 7.05 Å². The molecule has 1 aliphatic carbocycles. The van der Waals surface area contributed by atoms with Gasteiger partial charge in [-0.25, -0.2) is 19.0 Å². The number of aromatic nitrogens is 4. The summed E-state index contributed by atoms with van der Waals surface area (Å²) in [7, 11) is 1.86. The van der Waals surface area contributed by atoms with Crippen LogP contribution in [0.25, 0.3) is 11.0 Å². The number of fused-ring (bicyclic) bond motifs is 1. The maximum atomic E-state index is 13.2. The normalized spacial score (nSPS) is 20.6. The molecule has 7 heteroatoms. The van der Waals surface area contributed by atoms with Crippen LogP contribution in [0.1, 0.15) is 30.7 Å². The van der Waals surface area contributed by atoms with E-state index in [-0.39, 0.29) is 11.9 Å². The molecule has 2 unspecified atom stereocenters. The van der Waals surface area contributed by atoms with Gasteiger partial charge in [-0.15, -0.1) is 0 Å². The highest BCUT2D eigenvalue weighted by molar-refractivity contribution is 9.10. The highest BCUT2D eigenvalue weighted by Gasteiger charge is 2.29. The van der Waals surface area contributed by atoms with Crippen LogP contribution in [0.15, 0.2) is 35.2 Å². The minimum absolute atomic E-state index is 0.196. The lowest BCUT2D eigenvalue weighted by Crippen LogP contribution is -2.23. The van der Waals surface area contributed by atoms with Crippen molar-refractivity contribution in [2.75, 3.05) is 5.32 Å². The van der Waals surface area contributed by atoms with Gasteiger partial charge in [-0.05, 0) is 46.5 Å². The third kappa shape index (κ3) is 2.66. The summed E-state index contributed by atoms with van der Waals surface area (Å²) in [5, 5.41) is 8.83. The van der Waals surface area contributed by atoms with Crippen molar-refractivity contribution in [2.24, 2.45) is 7.05 Å². The summed E-state index contributed by atoms with van der Waals surface area (Å²) >= 11 is 3.49. The van der Waals surface area contributed by atoms with Crippen molar-refractivity contribution in [1.82, 2.24) is 19.7 Å². The fourth-order valence-corrected chi connectivity index (χ4v) is 4.17. The Bertz CT molecular complexity index is 877. The van der Waals surface area contributed by atoms with Crippen molar-refractivity contribution >= 4 is 32.8 Å². The number of aryl methyl sites for hydroxylation is 1. The number of rotatable bonds is 3. The van der Waals surface area contributed by atoms with Gasteiger partial charge in [-0.1, -0.05) is 18.6 Å². The molecule has 0 radical (unpaired) electrons. The number of nitrogens with one attached hydrogen (secondary N) is 1. The molecule has 0 amide bonds. The Morgan fingerprint density at radius 1 is 1.21 bits per heavy atom. The second kappa shape index (κ2) is 6.12. The second-order valence-corrected chi connectivity index (χ2v) is 6.93. The molecule has 0 saturated heterocycles. The third-order valence-corrected chi connectivity index (χ3v) is 5.27. The molecule has 1 N–H and O–H groups in total. The van der Waals surface area contributed by atoms with Gasteiger partial charge in [0.2, 0.25) is 0 Å². The fourth-order valence-electron chi connectivity index (χ4n) is 3.57. The Labute approximate surface area is 147 Å². The number of hydrogen-bond acceptors (Lipinski definition) is 4. The van der Waals surface area contributed by atoms with E-state index in [1.54, 1.807) is 11.0 Å². The van der Waals surface area contributed by atoms with E-state index in [1.165, 1.54) is 17.7 Å². The number of nitrogens with zero attached hydrogens (tertiary/aromatic N) is 4. The Kier molecular flexibility index (Phi) is 3.96. The predicted molar refractivity (Wildman–Crippen MR) is 94.4 cm³/mol. The molecule has 0 aliphatic heterocycles. The standard InChI is InChI=1S/C17H17BrFN5/c1-24-17-14(15(18)23-24)16(20-9-21-17)22-13-4-2-3-12(13)10-5-7-11(19)8-6-10/h5-9,12-13H,2-4H2,1H3,(H,20,21,22). The monoisotopic (exact) mass is 389 g/mol. The van der Waals surface area contributed by atoms with Crippen LogP contribution < -0.4 is 5.32 Å². The Balaban J connectivity index is 1.66. The summed E-state index contributed by atoms with van der Waals surface area (Å²) in [6, 6.07) is 7.10. The molecule has 0 spiro atoms. The summed E-state index contributed by atoms with van der Waals surface area (Å²) in [5.74, 6) is 0.947. The van der Waals surface area contributed by atoms with Crippen LogP contribution in [0.5, 0.6) is 0 Å².